The number of hydrogen-bond acceptors (Lipinski definition) is 6. The first-order valence-electron chi connectivity index (χ1n) is 5.66. The predicted molar refractivity (Wildman–Crippen MR) is 69.2 cm³/mol. The van der Waals surface area contributed by atoms with Crippen molar-refractivity contribution in [3.63, 3.8) is 0 Å². The number of carbonyl (C=O) groups excluding carboxylic acids is 1. The second-order valence-corrected chi connectivity index (χ2v) is 6.03. The lowest BCUT2D eigenvalue weighted by Gasteiger charge is -2.32. The van der Waals surface area contributed by atoms with Crippen LogP contribution in [0.5, 0.6) is 0 Å². The van der Waals surface area contributed by atoms with Gasteiger partial charge in [-0.3, -0.25) is 0 Å². The van der Waals surface area contributed by atoms with Gasteiger partial charge in [-0.25, -0.2) is 9.78 Å². The Morgan fingerprint density at radius 2 is 1.89 bits per heavy atom. The number of carbonyl (C=O) groups is 1. The van der Waals surface area contributed by atoms with Gasteiger partial charge in [0.2, 0.25) is 0 Å². The average molecular weight is 269 g/mol. The van der Waals surface area contributed by atoms with E-state index in [0.29, 0.717) is 4.78 Å². The topological polar surface area (TPSA) is 57.7 Å². The second-order valence-electron chi connectivity index (χ2n) is 5.15. The lowest BCUT2D eigenvalue weighted by atomic mass is 9.86. The summed E-state index contributed by atoms with van der Waals surface area (Å²) in [6, 6.07) is 0. The summed E-state index contributed by atoms with van der Waals surface area (Å²) in [6.45, 7) is 7.86. The van der Waals surface area contributed by atoms with Crippen LogP contribution in [0.2, 0.25) is 0 Å². The number of esters is 1. The fraction of sp³-hybridized carbons (Fsp3) is 0.636. The SMILES string of the molecule is COC(=O)c1ncsc1B1OC(C)(C)C(C)(C)O1. The van der Waals surface area contributed by atoms with E-state index in [-0.39, 0.29) is 5.69 Å². The van der Waals surface area contributed by atoms with Crippen LogP contribution in [-0.4, -0.2) is 36.4 Å². The summed E-state index contributed by atoms with van der Waals surface area (Å²) in [6.07, 6.45) is 0. The molecule has 0 aromatic carbocycles. The molecule has 2 heterocycles. The van der Waals surface area contributed by atoms with Gasteiger partial charge in [-0.15, -0.1) is 11.3 Å². The maximum Gasteiger partial charge on any atom is 0.508 e. The number of ether oxygens (including phenoxy) is 1. The number of nitrogens with zero attached hydrogens (tertiary/aromatic N) is 1. The third-order valence-corrected chi connectivity index (χ3v) is 4.29. The molecule has 1 aliphatic rings. The lowest BCUT2D eigenvalue weighted by molar-refractivity contribution is 0.00578. The second kappa shape index (κ2) is 4.33. The van der Waals surface area contributed by atoms with Gasteiger partial charge >= 0.3 is 13.1 Å². The van der Waals surface area contributed by atoms with E-state index in [1.54, 1.807) is 5.51 Å². The maximum atomic E-state index is 11.6. The molecule has 7 heteroatoms. The van der Waals surface area contributed by atoms with E-state index in [4.69, 9.17) is 14.0 Å². The van der Waals surface area contributed by atoms with E-state index in [2.05, 4.69) is 4.98 Å². The normalized spacial score (nSPS) is 21.1. The van der Waals surface area contributed by atoms with Crippen LogP contribution < -0.4 is 4.78 Å². The van der Waals surface area contributed by atoms with Crippen molar-refractivity contribution in [1.82, 2.24) is 4.98 Å². The van der Waals surface area contributed by atoms with Crippen molar-refractivity contribution in [3.8, 4) is 0 Å². The highest BCUT2D eigenvalue weighted by Crippen LogP contribution is 2.36. The fourth-order valence-corrected chi connectivity index (χ4v) is 2.35. The molecule has 0 radical (unpaired) electrons. The molecule has 0 unspecified atom stereocenters. The van der Waals surface area contributed by atoms with Gasteiger partial charge in [0.05, 0.1) is 28.6 Å². The van der Waals surface area contributed by atoms with Crippen LogP contribution in [0.25, 0.3) is 0 Å². The Morgan fingerprint density at radius 3 is 2.39 bits per heavy atom. The number of rotatable bonds is 2. The van der Waals surface area contributed by atoms with E-state index >= 15 is 0 Å². The third kappa shape index (κ3) is 2.06. The summed E-state index contributed by atoms with van der Waals surface area (Å²) in [5.41, 5.74) is 0.984. The zero-order valence-corrected chi connectivity index (χ0v) is 12.0. The minimum Gasteiger partial charge on any atom is -0.464 e. The fourth-order valence-electron chi connectivity index (χ4n) is 1.62. The number of thiazole rings is 1. The van der Waals surface area contributed by atoms with Crippen LogP contribution in [0.3, 0.4) is 0 Å². The quantitative estimate of drug-likeness (QED) is 0.597. The van der Waals surface area contributed by atoms with Gasteiger partial charge in [-0.1, -0.05) is 0 Å². The van der Waals surface area contributed by atoms with Gasteiger partial charge in [0.1, 0.15) is 0 Å². The molecule has 2 rings (SSSR count). The minimum absolute atomic E-state index is 0.265. The van der Waals surface area contributed by atoms with Crippen molar-refractivity contribution in [2.24, 2.45) is 0 Å². The number of hydrogen-bond donors (Lipinski definition) is 0. The lowest BCUT2D eigenvalue weighted by Crippen LogP contribution is -2.41. The average Bonchev–Trinajstić information content (AvgIpc) is 2.81. The molecule has 1 saturated heterocycles. The molecule has 0 spiro atoms. The van der Waals surface area contributed by atoms with Crippen molar-refractivity contribution in [2.45, 2.75) is 38.9 Å². The van der Waals surface area contributed by atoms with Gasteiger partial charge in [-0.2, -0.15) is 0 Å². The first kappa shape index (κ1) is 13.5. The molecule has 0 saturated carbocycles. The summed E-state index contributed by atoms with van der Waals surface area (Å²) in [7, 11) is 0.756. The molecule has 0 bridgehead atoms. The summed E-state index contributed by atoms with van der Waals surface area (Å²) >= 11 is 1.33. The van der Waals surface area contributed by atoms with E-state index in [0.717, 1.165) is 0 Å². The molecule has 0 aliphatic carbocycles. The predicted octanol–water partition coefficient (Wildman–Crippen LogP) is 1.23. The Bertz CT molecular complexity index is 455. The van der Waals surface area contributed by atoms with E-state index in [1.807, 2.05) is 27.7 Å². The van der Waals surface area contributed by atoms with E-state index < -0.39 is 24.3 Å². The highest BCUT2D eigenvalue weighted by Gasteiger charge is 2.53. The molecular weight excluding hydrogens is 253 g/mol. The van der Waals surface area contributed by atoms with Crippen LogP contribution >= 0.6 is 11.3 Å². The summed E-state index contributed by atoms with van der Waals surface area (Å²) in [5, 5.41) is 0. The smallest absolute Gasteiger partial charge is 0.464 e. The van der Waals surface area contributed by atoms with Crippen molar-refractivity contribution < 1.29 is 18.8 Å². The zero-order chi connectivity index (χ0) is 13.6. The maximum absolute atomic E-state index is 11.6. The van der Waals surface area contributed by atoms with Gasteiger partial charge < -0.3 is 14.0 Å². The molecule has 0 amide bonds. The van der Waals surface area contributed by atoms with Crippen LogP contribution in [0.4, 0.5) is 0 Å². The largest absolute Gasteiger partial charge is 0.508 e. The molecule has 0 atom stereocenters. The Morgan fingerprint density at radius 1 is 1.33 bits per heavy atom. The van der Waals surface area contributed by atoms with Crippen LogP contribution in [0.15, 0.2) is 5.51 Å². The van der Waals surface area contributed by atoms with Gasteiger partial charge in [0.15, 0.2) is 5.69 Å². The molecule has 1 aromatic rings. The molecule has 1 aliphatic heterocycles. The van der Waals surface area contributed by atoms with Crippen LogP contribution in [-0.2, 0) is 14.0 Å². The van der Waals surface area contributed by atoms with Gasteiger partial charge in [0.25, 0.3) is 0 Å². The first-order chi connectivity index (χ1) is 8.28. The Labute approximate surface area is 111 Å². The van der Waals surface area contributed by atoms with Crippen LogP contribution in [0, 0.1) is 0 Å². The number of methoxy groups -OCH3 is 1. The van der Waals surface area contributed by atoms with Crippen molar-refractivity contribution in [1.29, 1.82) is 0 Å². The van der Waals surface area contributed by atoms with Crippen LogP contribution in [0.1, 0.15) is 38.2 Å². The minimum atomic E-state index is -0.573. The Kier molecular flexibility index (Phi) is 3.25. The summed E-state index contributed by atoms with van der Waals surface area (Å²) in [4.78, 5) is 15.6. The number of aromatic nitrogens is 1. The third-order valence-electron chi connectivity index (χ3n) is 3.44. The summed E-state index contributed by atoms with van der Waals surface area (Å²) in [5.74, 6) is -0.471. The van der Waals surface area contributed by atoms with Gasteiger partial charge in [-0.05, 0) is 27.7 Å². The Balaban J connectivity index is 2.30. The van der Waals surface area contributed by atoms with E-state index in [9.17, 15) is 4.79 Å². The van der Waals surface area contributed by atoms with E-state index in [1.165, 1.54) is 18.4 Å². The molecule has 98 valence electrons. The first-order valence-corrected chi connectivity index (χ1v) is 6.54. The highest BCUT2D eigenvalue weighted by molar-refractivity contribution is 7.21. The molecule has 1 aromatic heterocycles. The molecule has 0 N–H and O–H groups in total. The van der Waals surface area contributed by atoms with Gasteiger partial charge in [0, 0.05) is 0 Å². The molecule has 5 nitrogen and oxygen atoms in total. The standard InChI is InChI=1S/C11H16BNO4S/c1-10(2)11(3,4)17-12(16-10)8-7(9(14)15-5)13-6-18-8/h6H,1-5H3. The van der Waals surface area contributed by atoms with Crippen molar-refractivity contribution in [3.05, 3.63) is 11.2 Å². The molecule has 18 heavy (non-hydrogen) atoms. The Hall–Kier alpha value is -0.915. The molecule has 1 fully saturated rings. The summed E-state index contributed by atoms with van der Waals surface area (Å²) < 4.78 is 17.1. The highest BCUT2D eigenvalue weighted by atomic mass is 32.1. The monoisotopic (exact) mass is 269 g/mol. The van der Waals surface area contributed by atoms with Crippen molar-refractivity contribution >= 4 is 29.2 Å². The van der Waals surface area contributed by atoms with Crippen molar-refractivity contribution in [2.75, 3.05) is 7.11 Å². The molecular formula is C11H16BNO4S. The zero-order valence-electron chi connectivity index (χ0n) is 11.1.